The van der Waals surface area contributed by atoms with Crippen LogP contribution in [0.25, 0.3) is 11.3 Å². The smallest absolute Gasteiger partial charge is 0.233 e. The molecular weight excluding hydrogens is 368 g/mol. The summed E-state index contributed by atoms with van der Waals surface area (Å²) in [6, 6.07) is 10.2. The second-order valence-corrected chi connectivity index (χ2v) is 8.40. The average Bonchev–Trinajstić information content (AvgIpc) is 3.28. The zero-order valence-electron chi connectivity index (χ0n) is 14.6. The Balaban J connectivity index is 1.51. The third-order valence-corrected chi connectivity index (χ3v) is 6.66. The molecule has 1 N–H and O–H groups in total. The normalized spacial score (nSPS) is 23.6. The van der Waals surface area contributed by atoms with E-state index in [1.807, 2.05) is 35.2 Å². The predicted molar refractivity (Wildman–Crippen MR) is 106 cm³/mol. The van der Waals surface area contributed by atoms with Crippen molar-refractivity contribution >= 4 is 29.3 Å². The number of rotatable bonds is 5. The van der Waals surface area contributed by atoms with Crippen LogP contribution in [-0.4, -0.2) is 35.7 Å². The maximum absolute atomic E-state index is 12.5. The molecule has 0 spiro atoms. The van der Waals surface area contributed by atoms with E-state index in [1.54, 1.807) is 18.0 Å². The second-order valence-electron chi connectivity index (χ2n) is 6.90. The number of halogens is 1. The van der Waals surface area contributed by atoms with E-state index in [2.05, 4.69) is 5.32 Å². The molecule has 2 aromatic rings. The summed E-state index contributed by atoms with van der Waals surface area (Å²) in [6.07, 6.45) is 6.48. The van der Waals surface area contributed by atoms with Crippen LogP contribution in [0.1, 0.15) is 36.6 Å². The third-order valence-electron chi connectivity index (χ3n) is 5.17. The first-order chi connectivity index (χ1) is 12.7. The van der Waals surface area contributed by atoms with Gasteiger partial charge in [-0.15, -0.1) is 11.8 Å². The lowest BCUT2D eigenvalue weighted by Gasteiger charge is -2.28. The lowest BCUT2D eigenvalue weighted by Crippen LogP contribution is -2.38. The van der Waals surface area contributed by atoms with Gasteiger partial charge in [0.15, 0.2) is 0 Å². The quantitative estimate of drug-likeness (QED) is 0.803. The summed E-state index contributed by atoms with van der Waals surface area (Å²) < 4.78 is 5.77. The molecule has 3 heterocycles. The molecule has 0 aliphatic carbocycles. The number of hydrogen-bond donors (Lipinski definition) is 1. The SMILES string of the molecule is O=C1CSC(c2ccoc2-c2ccc(Cl)cc2)N1CCC1CCCCN1. The molecule has 6 heteroatoms. The Hall–Kier alpha value is -1.43. The van der Waals surface area contributed by atoms with E-state index in [0.29, 0.717) is 16.8 Å². The van der Waals surface area contributed by atoms with Crippen LogP contribution in [0, 0.1) is 0 Å². The summed E-state index contributed by atoms with van der Waals surface area (Å²) in [5.74, 6) is 1.59. The molecule has 1 amide bonds. The van der Waals surface area contributed by atoms with E-state index in [0.717, 1.165) is 36.4 Å². The van der Waals surface area contributed by atoms with Gasteiger partial charge in [-0.25, -0.2) is 0 Å². The van der Waals surface area contributed by atoms with E-state index in [9.17, 15) is 4.79 Å². The molecule has 26 heavy (non-hydrogen) atoms. The lowest BCUT2D eigenvalue weighted by molar-refractivity contribution is -0.128. The maximum atomic E-state index is 12.5. The van der Waals surface area contributed by atoms with Gasteiger partial charge >= 0.3 is 0 Å². The van der Waals surface area contributed by atoms with Crippen molar-refractivity contribution in [2.45, 2.75) is 37.1 Å². The topological polar surface area (TPSA) is 45.5 Å². The number of hydrogen-bond acceptors (Lipinski definition) is 4. The standard InChI is InChI=1S/C20H23ClN2O2S/c21-15-6-4-14(5-7-15)19-17(9-12-25-19)20-23(18(24)13-26-20)11-8-16-3-1-2-10-22-16/h4-7,9,12,16,20,22H,1-3,8,10-11,13H2. The van der Waals surface area contributed by atoms with Crippen molar-refractivity contribution in [2.75, 3.05) is 18.8 Å². The highest BCUT2D eigenvalue weighted by molar-refractivity contribution is 8.00. The molecule has 4 rings (SSSR count). The summed E-state index contributed by atoms with van der Waals surface area (Å²) in [6.45, 7) is 1.89. The Morgan fingerprint density at radius 1 is 1.23 bits per heavy atom. The van der Waals surface area contributed by atoms with Crippen molar-refractivity contribution < 1.29 is 9.21 Å². The Morgan fingerprint density at radius 3 is 2.85 bits per heavy atom. The zero-order valence-corrected chi connectivity index (χ0v) is 16.2. The summed E-state index contributed by atoms with van der Waals surface area (Å²) >= 11 is 7.69. The largest absolute Gasteiger partial charge is 0.464 e. The van der Waals surface area contributed by atoms with E-state index < -0.39 is 0 Å². The molecule has 4 nitrogen and oxygen atoms in total. The molecule has 0 saturated carbocycles. The number of nitrogens with one attached hydrogen (secondary N) is 1. The second kappa shape index (κ2) is 8.07. The van der Waals surface area contributed by atoms with E-state index in [1.165, 1.54) is 19.3 Å². The van der Waals surface area contributed by atoms with Crippen molar-refractivity contribution in [3.63, 3.8) is 0 Å². The monoisotopic (exact) mass is 390 g/mol. The number of nitrogens with zero attached hydrogens (tertiary/aromatic N) is 1. The predicted octanol–water partition coefficient (Wildman–Crippen LogP) is 4.71. The molecule has 2 atom stereocenters. The van der Waals surface area contributed by atoms with Gasteiger partial charge in [-0.1, -0.05) is 18.0 Å². The lowest BCUT2D eigenvalue weighted by atomic mass is 10.0. The molecule has 2 aliphatic heterocycles. The van der Waals surface area contributed by atoms with Gasteiger partial charge in [0.2, 0.25) is 5.91 Å². The number of furan rings is 1. The van der Waals surface area contributed by atoms with Gasteiger partial charge in [-0.3, -0.25) is 4.79 Å². The Labute approximate surface area is 163 Å². The van der Waals surface area contributed by atoms with Crippen LogP contribution in [0.4, 0.5) is 0 Å². The highest BCUT2D eigenvalue weighted by Crippen LogP contribution is 2.43. The Morgan fingerprint density at radius 2 is 2.08 bits per heavy atom. The Kier molecular flexibility index (Phi) is 5.57. The van der Waals surface area contributed by atoms with Gasteiger partial charge in [0.05, 0.1) is 12.0 Å². The van der Waals surface area contributed by atoms with Crippen LogP contribution < -0.4 is 5.32 Å². The first-order valence-corrected chi connectivity index (χ1v) is 10.6. The van der Waals surface area contributed by atoms with Crippen molar-refractivity contribution in [3.05, 3.63) is 47.2 Å². The van der Waals surface area contributed by atoms with E-state index in [-0.39, 0.29) is 11.3 Å². The number of carbonyl (C=O) groups excluding carboxylic acids is 1. The summed E-state index contributed by atoms with van der Waals surface area (Å²) in [5.41, 5.74) is 2.06. The van der Waals surface area contributed by atoms with Crippen LogP contribution in [0.5, 0.6) is 0 Å². The van der Waals surface area contributed by atoms with Crippen molar-refractivity contribution in [1.29, 1.82) is 0 Å². The molecule has 2 saturated heterocycles. The zero-order chi connectivity index (χ0) is 17.9. The molecule has 1 aromatic carbocycles. The minimum atomic E-state index is 0.0236. The first-order valence-electron chi connectivity index (χ1n) is 9.20. The van der Waals surface area contributed by atoms with Crippen LogP contribution in [0.15, 0.2) is 41.0 Å². The van der Waals surface area contributed by atoms with Crippen molar-refractivity contribution in [2.24, 2.45) is 0 Å². The summed E-state index contributed by atoms with van der Waals surface area (Å²) in [7, 11) is 0. The van der Waals surface area contributed by atoms with Gasteiger partial charge in [-0.2, -0.15) is 0 Å². The highest BCUT2D eigenvalue weighted by atomic mass is 35.5. The summed E-state index contributed by atoms with van der Waals surface area (Å²) in [4.78, 5) is 14.5. The molecule has 2 aliphatic rings. The van der Waals surface area contributed by atoms with Crippen LogP contribution in [0.3, 0.4) is 0 Å². The molecule has 0 bridgehead atoms. The molecule has 1 aromatic heterocycles. The number of carbonyl (C=O) groups is 1. The van der Waals surface area contributed by atoms with Gasteiger partial charge in [-0.05, 0) is 56.1 Å². The van der Waals surface area contributed by atoms with Crippen LogP contribution >= 0.6 is 23.4 Å². The molecule has 2 unspecified atom stereocenters. The first kappa shape index (κ1) is 18.0. The highest BCUT2D eigenvalue weighted by Gasteiger charge is 2.35. The van der Waals surface area contributed by atoms with E-state index >= 15 is 0 Å². The van der Waals surface area contributed by atoms with Gasteiger partial charge in [0, 0.05) is 28.7 Å². The number of amides is 1. The fourth-order valence-corrected chi connectivity index (χ4v) is 5.13. The van der Waals surface area contributed by atoms with Gasteiger partial charge in [0.25, 0.3) is 0 Å². The Bertz CT molecular complexity index is 755. The molecule has 2 fully saturated rings. The number of piperidine rings is 1. The van der Waals surface area contributed by atoms with Gasteiger partial charge in [0.1, 0.15) is 11.1 Å². The van der Waals surface area contributed by atoms with E-state index in [4.69, 9.17) is 16.0 Å². The van der Waals surface area contributed by atoms with Crippen LogP contribution in [0.2, 0.25) is 5.02 Å². The van der Waals surface area contributed by atoms with Crippen molar-refractivity contribution in [1.82, 2.24) is 10.2 Å². The minimum absolute atomic E-state index is 0.0236. The molecular formula is C20H23ClN2O2S. The van der Waals surface area contributed by atoms with Gasteiger partial charge < -0.3 is 14.6 Å². The maximum Gasteiger partial charge on any atom is 0.233 e. The third kappa shape index (κ3) is 3.80. The average molecular weight is 391 g/mol. The fourth-order valence-electron chi connectivity index (χ4n) is 3.77. The number of benzene rings is 1. The number of thioether (sulfide) groups is 1. The fraction of sp³-hybridized carbons (Fsp3) is 0.450. The van der Waals surface area contributed by atoms with Crippen molar-refractivity contribution in [3.8, 4) is 11.3 Å². The molecule has 0 radical (unpaired) electrons. The summed E-state index contributed by atoms with van der Waals surface area (Å²) in [5, 5.41) is 4.30. The minimum Gasteiger partial charge on any atom is -0.464 e. The molecule has 138 valence electrons. The van der Waals surface area contributed by atoms with Crippen LogP contribution in [-0.2, 0) is 4.79 Å².